The first kappa shape index (κ1) is 16.0. The number of amides is 1. The second kappa shape index (κ2) is 7.57. The molecule has 20 heavy (non-hydrogen) atoms. The highest BCUT2D eigenvalue weighted by Gasteiger charge is 2.18. The lowest BCUT2D eigenvalue weighted by atomic mass is 9.97. The number of halogens is 2. The lowest BCUT2D eigenvalue weighted by Crippen LogP contribution is -2.38. The number of nitrogens with one attached hydrogen (secondary N) is 1. The van der Waals surface area contributed by atoms with Crippen LogP contribution in [0.1, 0.15) is 30.1 Å². The standard InChI is InChI=1S/C15H20Br2N2O/c1-2-19-5-3-11(4-6-19)10-18-15(20)12-7-13(16)9-14(17)8-12/h7-9,11H,2-6,10H2,1H3,(H,18,20). The summed E-state index contributed by atoms with van der Waals surface area (Å²) >= 11 is 6.82. The van der Waals surface area contributed by atoms with Crippen LogP contribution in [0.25, 0.3) is 0 Å². The first-order chi connectivity index (χ1) is 9.58. The summed E-state index contributed by atoms with van der Waals surface area (Å²) in [6.07, 6.45) is 2.35. The van der Waals surface area contributed by atoms with Gasteiger partial charge in [0.1, 0.15) is 0 Å². The van der Waals surface area contributed by atoms with Crippen molar-refractivity contribution < 1.29 is 4.79 Å². The highest BCUT2D eigenvalue weighted by molar-refractivity contribution is 9.11. The molecule has 0 unspecified atom stereocenters. The van der Waals surface area contributed by atoms with E-state index in [1.807, 2.05) is 18.2 Å². The summed E-state index contributed by atoms with van der Waals surface area (Å²) in [6, 6.07) is 5.62. The minimum atomic E-state index is 0.00456. The molecule has 2 rings (SSSR count). The van der Waals surface area contributed by atoms with Gasteiger partial charge in [0.25, 0.3) is 5.91 Å². The summed E-state index contributed by atoms with van der Waals surface area (Å²) in [6.45, 7) is 6.41. The Balaban J connectivity index is 1.83. The van der Waals surface area contributed by atoms with Crippen LogP contribution in [0, 0.1) is 5.92 Å². The van der Waals surface area contributed by atoms with Crippen molar-refractivity contribution in [3.05, 3.63) is 32.7 Å². The predicted octanol–water partition coefficient (Wildman–Crippen LogP) is 3.67. The molecule has 3 nitrogen and oxygen atoms in total. The molecular formula is C15H20Br2N2O. The predicted molar refractivity (Wildman–Crippen MR) is 89.0 cm³/mol. The van der Waals surface area contributed by atoms with E-state index in [4.69, 9.17) is 0 Å². The van der Waals surface area contributed by atoms with Crippen LogP contribution in [0.4, 0.5) is 0 Å². The third kappa shape index (κ3) is 4.57. The molecule has 0 spiro atoms. The zero-order valence-corrected chi connectivity index (χ0v) is 14.8. The first-order valence-electron chi connectivity index (χ1n) is 7.05. The lowest BCUT2D eigenvalue weighted by Gasteiger charge is -2.31. The zero-order chi connectivity index (χ0) is 14.5. The summed E-state index contributed by atoms with van der Waals surface area (Å²) in [5.41, 5.74) is 0.692. The Hall–Kier alpha value is -0.390. The van der Waals surface area contributed by atoms with Crippen LogP contribution in [0.5, 0.6) is 0 Å². The monoisotopic (exact) mass is 402 g/mol. The van der Waals surface area contributed by atoms with Crippen LogP contribution in [0.2, 0.25) is 0 Å². The van der Waals surface area contributed by atoms with Gasteiger partial charge in [-0.05, 0) is 56.6 Å². The number of hydrogen-bond donors (Lipinski definition) is 1. The molecule has 1 N–H and O–H groups in total. The van der Waals surface area contributed by atoms with Crippen LogP contribution >= 0.6 is 31.9 Å². The SMILES string of the molecule is CCN1CCC(CNC(=O)c2cc(Br)cc(Br)c2)CC1. The zero-order valence-electron chi connectivity index (χ0n) is 11.7. The van der Waals surface area contributed by atoms with Gasteiger partial charge in [-0.15, -0.1) is 0 Å². The maximum atomic E-state index is 12.1. The molecule has 1 fully saturated rings. The summed E-state index contributed by atoms with van der Waals surface area (Å²) in [5, 5.41) is 3.06. The normalized spacial score (nSPS) is 17.1. The molecule has 5 heteroatoms. The van der Waals surface area contributed by atoms with Crippen molar-refractivity contribution in [3.8, 4) is 0 Å². The van der Waals surface area contributed by atoms with Gasteiger partial charge in [0.2, 0.25) is 0 Å². The molecule has 1 saturated heterocycles. The Bertz CT molecular complexity index is 451. The molecule has 0 radical (unpaired) electrons. The maximum Gasteiger partial charge on any atom is 0.251 e. The Morgan fingerprint density at radius 2 is 1.85 bits per heavy atom. The Kier molecular flexibility index (Phi) is 6.05. The summed E-state index contributed by atoms with van der Waals surface area (Å²) in [7, 11) is 0. The minimum Gasteiger partial charge on any atom is -0.352 e. The van der Waals surface area contributed by atoms with Crippen molar-refractivity contribution in [1.29, 1.82) is 0 Å². The van der Waals surface area contributed by atoms with Crippen LogP contribution in [0.3, 0.4) is 0 Å². The molecule has 1 aliphatic rings. The maximum absolute atomic E-state index is 12.1. The average molecular weight is 404 g/mol. The fourth-order valence-electron chi connectivity index (χ4n) is 2.53. The first-order valence-corrected chi connectivity index (χ1v) is 8.63. The molecular weight excluding hydrogens is 384 g/mol. The molecule has 1 heterocycles. The summed E-state index contributed by atoms with van der Waals surface area (Å²) < 4.78 is 1.82. The number of likely N-dealkylation sites (tertiary alicyclic amines) is 1. The number of hydrogen-bond acceptors (Lipinski definition) is 2. The van der Waals surface area contributed by atoms with Crippen molar-refractivity contribution in [2.75, 3.05) is 26.2 Å². The topological polar surface area (TPSA) is 32.3 Å². The molecule has 1 aromatic carbocycles. The molecule has 0 saturated carbocycles. The van der Waals surface area contributed by atoms with Crippen molar-refractivity contribution in [2.24, 2.45) is 5.92 Å². The van der Waals surface area contributed by atoms with Gasteiger partial charge in [-0.25, -0.2) is 0 Å². The molecule has 0 bridgehead atoms. The molecule has 1 aromatic rings. The van der Waals surface area contributed by atoms with Crippen LogP contribution < -0.4 is 5.32 Å². The van der Waals surface area contributed by atoms with E-state index in [9.17, 15) is 4.79 Å². The number of nitrogens with zero attached hydrogens (tertiary/aromatic N) is 1. The Morgan fingerprint density at radius 1 is 1.25 bits per heavy atom. The van der Waals surface area contributed by atoms with E-state index < -0.39 is 0 Å². The van der Waals surface area contributed by atoms with E-state index in [0.29, 0.717) is 11.5 Å². The van der Waals surface area contributed by atoms with E-state index in [2.05, 4.69) is 49.0 Å². The van der Waals surface area contributed by atoms with Gasteiger partial charge < -0.3 is 10.2 Å². The second-order valence-corrected chi connectivity index (χ2v) is 7.08. The average Bonchev–Trinajstić information content (AvgIpc) is 2.44. The van der Waals surface area contributed by atoms with E-state index >= 15 is 0 Å². The lowest BCUT2D eigenvalue weighted by molar-refractivity contribution is 0.0936. The molecule has 0 aliphatic carbocycles. The fourth-order valence-corrected chi connectivity index (χ4v) is 3.82. The van der Waals surface area contributed by atoms with Gasteiger partial charge in [0.05, 0.1) is 0 Å². The van der Waals surface area contributed by atoms with Gasteiger partial charge in [-0.2, -0.15) is 0 Å². The number of carbonyl (C=O) groups excluding carboxylic acids is 1. The Labute approximate surface area is 137 Å². The van der Waals surface area contributed by atoms with Crippen molar-refractivity contribution >= 4 is 37.8 Å². The third-order valence-electron chi connectivity index (χ3n) is 3.83. The molecule has 1 aliphatic heterocycles. The number of rotatable bonds is 4. The third-order valence-corrected chi connectivity index (χ3v) is 4.75. The van der Waals surface area contributed by atoms with Crippen LogP contribution in [-0.4, -0.2) is 37.0 Å². The molecule has 1 amide bonds. The van der Waals surface area contributed by atoms with E-state index in [1.54, 1.807) is 0 Å². The van der Waals surface area contributed by atoms with Gasteiger partial charge >= 0.3 is 0 Å². The van der Waals surface area contributed by atoms with Crippen molar-refractivity contribution in [1.82, 2.24) is 10.2 Å². The van der Waals surface area contributed by atoms with Gasteiger partial charge in [-0.3, -0.25) is 4.79 Å². The molecule has 0 aromatic heterocycles. The summed E-state index contributed by atoms with van der Waals surface area (Å²) in [4.78, 5) is 14.6. The summed E-state index contributed by atoms with van der Waals surface area (Å²) in [5.74, 6) is 0.613. The highest BCUT2D eigenvalue weighted by Crippen LogP contribution is 2.20. The second-order valence-electron chi connectivity index (χ2n) is 5.25. The number of benzene rings is 1. The van der Waals surface area contributed by atoms with Crippen LogP contribution in [0.15, 0.2) is 27.1 Å². The van der Waals surface area contributed by atoms with Crippen molar-refractivity contribution in [3.63, 3.8) is 0 Å². The van der Waals surface area contributed by atoms with E-state index in [0.717, 1.165) is 35.1 Å². The van der Waals surface area contributed by atoms with Crippen molar-refractivity contribution in [2.45, 2.75) is 19.8 Å². The molecule has 0 atom stereocenters. The Morgan fingerprint density at radius 3 is 2.40 bits per heavy atom. The fraction of sp³-hybridized carbons (Fsp3) is 0.533. The van der Waals surface area contributed by atoms with Gasteiger partial charge in [0.15, 0.2) is 0 Å². The largest absolute Gasteiger partial charge is 0.352 e. The highest BCUT2D eigenvalue weighted by atomic mass is 79.9. The van der Waals surface area contributed by atoms with Gasteiger partial charge in [-0.1, -0.05) is 38.8 Å². The smallest absolute Gasteiger partial charge is 0.251 e. The number of piperidine rings is 1. The minimum absolute atomic E-state index is 0.00456. The van der Waals surface area contributed by atoms with Crippen LogP contribution in [-0.2, 0) is 0 Å². The quantitative estimate of drug-likeness (QED) is 0.831. The van der Waals surface area contributed by atoms with E-state index in [-0.39, 0.29) is 5.91 Å². The number of carbonyl (C=O) groups is 1. The van der Waals surface area contributed by atoms with E-state index in [1.165, 1.54) is 12.8 Å². The van der Waals surface area contributed by atoms with Gasteiger partial charge in [0, 0.05) is 21.1 Å². The molecule has 110 valence electrons.